The van der Waals surface area contributed by atoms with E-state index in [1.165, 1.54) is 6.07 Å². The van der Waals surface area contributed by atoms with Crippen molar-refractivity contribution in [3.8, 4) is 16.9 Å². The molecule has 4 rings (SSSR count). The number of aryl methyl sites for hydroxylation is 3. The monoisotopic (exact) mass is 504 g/mol. The van der Waals surface area contributed by atoms with Gasteiger partial charge < -0.3 is 9.88 Å². The van der Waals surface area contributed by atoms with E-state index in [0.29, 0.717) is 27.0 Å². The number of hydrogen-bond donors (Lipinski definition) is 1. The number of nitrogens with zero attached hydrogens (tertiary/aromatic N) is 1. The third-order valence-corrected chi connectivity index (χ3v) is 6.53. The molecule has 1 heterocycles. The molecule has 35 heavy (non-hydrogen) atoms. The van der Waals surface area contributed by atoms with Gasteiger partial charge in [0.2, 0.25) is 0 Å². The Morgan fingerprint density at radius 1 is 0.857 bits per heavy atom. The lowest BCUT2D eigenvalue weighted by molar-refractivity contribution is 0.102. The maximum atomic E-state index is 13.8. The van der Waals surface area contributed by atoms with Crippen LogP contribution in [0.5, 0.6) is 0 Å². The number of rotatable bonds is 6. The van der Waals surface area contributed by atoms with Crippen molar-refractivity contribution in [2.45, 2.75) is 33.6 Å². The fourth-order valence-corrected chi connectivity index (χ4v) is 4.68. The summed E-state index contributed by atoms with van der Waals surface area (Å²) in [6.45, 7) is 5.93. The van der Waals surface area contributed by atoms with E-state index >= 15 is 0 Å². The number of para-hydroxylation sites is 1. The van der Waals surface area contributed by atoms with Crippen LogP contribution in [0, 0.1) is 6.92 Å². The molecular weight excluding hydrogens is 479 g/mol. The predicted molar refractivity (Wildman–Crippen MR) is 145 cm³/mol. The van der Waals surface area contributed by atoms with E-state index in [4.69, 9.17) is 23.2 Å². The highest BCUT2D eigenvalue weighted by atomic mass is 35.5. The highest BCUT2D eigenvalue weighted by Crippen LogP contribution is 2.31. The number of benzene rings is 3. The van der Waals surface area contributed by atoms with E-state index < -0.39 is 5.91 Å². The summed E-state index contributed by atoms with van der Waals surface area (Å²) in [7, 11) is 0. The van der Waals surface area contributed by atoms with Crippen molar-refractivity contribution in [2.24, 2.45) is 0 Å². The Morgan fingerprint density at radius 2 is 1.49 bits per heavy atom. The summed E-state index contributed by atoms with van der Waals surface area (Å²) in [6.07, 6.45) is 1.51. The Balaban J connectivity index is 1.99. The van der Waals surface area contributed by atoms with Gasteiger partial charge in [-0.25, -0.2) is 0 Å². The molecule has 0 radical (unpaired) electrons. The van der Waals surface area contributed by atoms with Crippen molar-refractivity contribution in [3.05, 3.63) is 115 Å². The van der Waals surface area contributed by atoms with Crippen LogP contribution in [-0.2, 0) is 12.8 Å². The first-order valence-corrected chi connectivity index (χ1v) is 12.3. The number of carbonyl (C=O) groups is 1. The molecule has 0 unspecified atom stereocenters. The molecule has 178 valence electrons. The summed E-state index contributed by atoms with van der Waals surface area (Å²) in [4.78, 5) is 27.2. The first kappa shape index (κ1) is 24.8. The fourth-order valence-electron chi connectivity index (χ4n) is 4.36. The zero-order chi connectivity index (χ0) is 25.1. The molecule has 1 N–H and O–H groups in total. The number of aromatic nitrogens is 1. The number of pyridine rings is 1. The molecule has 0 aliphatic heterocycles. The number of nitrogens with one attached hydrogen (secondary N) is 1. The summed E-state index contributed by atoms with van der Waals surface area (Å²) in [5, 5.41) is 4.17. The Kier molecular flexibility index (Phi) is 7.44. The number of anilines is 1. The first-order valence-electron chi connectivity index (χ1n) is 11.5. The average molecular weight is 505 g/mol. The van der Waals surface area contributed by atoms with Crippen molar-refractivity contribution >= 4 is 34.8 Å². The minimum atomic E-state index is -0.455. The molecule has 0 bridgehead atoms. The van der Waals surface area contributed by atoms with Gasteiger partial charge in [0, 0.05) is 38.7 Å². The molecule has 1 aromatic heterocycles. The molecule has 6 heteroatoms. The second-order valence-electron chi connectivity index (χ2n) is 8.31. The van der Waals surface area contributed by atoms with Crippen LogP contribution >= 0.6 is 23.2 Å². The zero-order valence-electron chi connectivity index (χ0n) is 19.9. The summed E-state index contributed by atoms with van der Waals surface area (Å²) < 4.78 is 1.89. The topological polar surface area (TPSA) is 51.1 Å². The Hall–Kier alpha value is -3.34. The van der Waals surface area contributed by atoms with Crippen molar-refractivity contribution in [2.75, 3.05) is 5.32 Å². The van der Waals surface area contributed by atoms with Crippen LogP contribution < -0.4 is 10.7 Å². The molecule has 3 aromatic carbocycles. The number of hydrogen-bond acceptors (Lipinski definition) is 2. The van der Waals surface area contributed by atoms with Crippen molar-refractivity contribution in [3.63, 3.8) is 0 Å². The number of carbonyl (C=O) groups excluding carboxylic acids is 1. The van der Waals surface area contributed by atoms with Crippen LogP contribution in [0.4, 0.5) is 5.69 Å². The quantitative estimate of drug-likeness (QED) is 0.295. The van der Waals surface area contributed by atoms with Crippen molar-refractivity contribution < 1.29 is 4.79 Å². The Labute approximate surface area is 215 Å². The molecule has 0 spiro atoms. The normalized spacial score (nSPS) is 10.9. The number of amides is 1. The van der Waals surface area contributed by atoms with E-state index in [9.17, 15) is 9.59 Å². The van der Waals surface area contributed by atoms with Gasteiger partial charge in [-0.1, -0.05) is 67.4 Å². The smallest absolute Gasteiger partial charge is 0.261 e. The van der Waals surface area contributed by atoms with Gasteiger partial charge in [0.1, 0.15) is 5.56 Å². The van der Waals surface area contributed by atoms with Crippen LogP contribution in [0.2, 0.25) is 10.0 Å². The molecule has 4 nitrogen and oxygen atoms in total. The van der Waals surface area contributed by atoms with Crippen molar-refractivity contribution in [1.29, 1.82) is 0 Å². The van der Waals surface area contributed by atoms with Gasteiger partial charge >= 0.3 is 0 Å². The van der Waals surface area contributed by atoms with E-state index in [2.05, 4.69) is 5.32 Å². The molecule has 4 aromatic rings. The minimum absolute atomic E-state index is 0.0563. The van der Waals surface area contributed by atoms with Gasteiger partial charge in [-0.3, -0.25) is 9.59 Å². The molecule has 0 aliphatic carbocycles. The fraction of sp³-hybridized carbons (Fsp3) is 0.172. The molecule has 0 fully saturated rings. The third kappa shape index (κ3) is 5.04. The lowest BCUT2D eigenvalue weighted by Gasteiger charge is -2.21. The molecule has 1 amide bonds. The van der Waals surface area contributed by atoms with Gasteiger partial charge in [-0.2, -0.15) is 0 Å². The second-order valence-corrected chi connectivity index (χ2v) is 9.18. The highest BCUT2D eigenvalue weighted by molar-refractivity contribution is 6.31. The van der Waals surface area contributed by atoms with E-state index in [1.54, 1.807) is 30.3 Å². The summed E-state index contributed by atoms with van der Waals surface area (Å²) in [5.74, 6) is -0.455. The SMILES string of the molecule is CCc1cccc(CC)c1NC(=O)c1c(-c2cccc(Cl)c2)n(-c2ccc(Cl)cc2)c(C)cc1=O. The van der Waals surface area contributed by atoms with E-state index in [1.807, 2.05) is 61.7 Å². The summed E-state index contributed by atoms with van der Waals surface area (Å²) in [6, 6.07) is 21.9. The maximum Gasteiger partial charge on any atom is 0.261 e. The van der Waals surface area contributed by atoms with Crippen LogP contribution in [0.3, 0.4) is 0 Å². The summed E-state index contributed by atoms with van der Waals surface area (Å²) >= 11 is 12.5. The first-order chi connectivity index (χ1) is 16.8. The van der Waals surface area contributed by atoms with E-state index in [-0.39, 0.29) is 11.0 Å². The van der Waals surface area contributed by atoms with Gasteiger partial charge in [0.25, 0.3) is 5.91 Å². The minimum Gasteiger partial charge on any atom is -0.321 e. The number of halogens is 2. The second kappa shape index (κ2) is 10.5. The zero-order valence-corrected chi connectivity index (χ0v) is 21.4. The standard InChI is InChI=1S/C29H26Cl2N2O2/c1-4-19-8-6-9-20(5-2)27(19)32-29(35)26-25(34)16-18(3)33(24-14-12-22(30)13-15-24)28(26)21-10-7-11-23(31)17-21/h6-17H,4-5H2,1-3H3,(H,32,35). The van der Waals surface area contributed by atoms with Gasteiger partial charge in [0.05, 0.1) is 5.69 Å². The largest absolute Gasteiger partial charge is 0.321 e. The maximum absolute atomic E-state index is 13.8. The van der Waals surface area contributed by atoms with Gasteiger partial charge in [0.15, 0.2) is 5.43 Å². The summed E-state index contributed by atoms with van der Waals surface area (Å²) in [5.41, 5.74) is 5.11. The van der Waals surface area contributed by atoms with Gasteiger partial charge in [-0.15, -0.1) is 0 Å². The van der Waals surface area contributed by atoms with Crippen LogP contribution in [0.15, 0.2) is 77.6 Å². The molecule has 0 aliphatic rings. The van der Waals surface area contributed by atoms with Crippen LogP contribution in [0.1, 0.15) is 41.0 Å². The average Bonchev–Trinajstić information content (AvgIpc) is 2.84. The predicted octanol–water partition coefficient (Wildman–Crippen LogP) is 7.50. The molecule has 0 saturated heterocycles. The lowest BCUT2D eigenvalue weighted by atomic mass is 10.00. The van der Waals surface area contributed by atoms with Crippen LogP contribution in [-0.4, -0.2) is 10.5 Å². The van der Waals surface area contributed by atoms with Crippen molar-refractivity contribution in [1.82, 2.24) is 4.57 Å². The lowest BCUT2D eigenvalue weighted by Crippen LogP contribution is -2.27. The molecule has 0 saturated carbocycles. The van der Waals surface area contributed by atoms with E-state index in [0.717, 1.165) is 35.3 Å². The Morgan fingerprint density at radius 3 is 2.09 bits per heavy atom. The molecule has 0 atom stereocenters. The highest BCUT2D eigenvalue weighted by Gasteiger charge is 2.24. The van der Waals surface area contributed by atoms with Crippen LogP contribution in [0.25, 0.3) is 16.9 Å². The Bertz CT molecular complexity index is 1430. The molecular formula is C29H26Cl2N2O2. The third-order valence-electron chi connectivity index (χ3n) is 6.05. The van der Waals surface area contributed by atoms with Gasteiger partial charge in [-0.05, 0) is 67.3 Å².